The van der Waals surface area contributed by atoms with Crippen molar-refractivity contribution in [1.82, 2.24) is 0 Å². The Morgan fingerprint density at radius 3 is 1.70 bits per heavy atom. The van der Waals surface area contributed by atoms with Gasteiger partial charge in [-0.3, -0.25) is 0 Å². The van der Waals surface area contributed by atoms with Crippen LogP contribution in [0.5, 0.6) is 0 Å². The zero-order valence-corrected chi connectivity index (χ0v) is 6.85. The zero-order chi connectivity index (χ0) is 7.82. The fourth-order valence-corrected chi connectivity index (χ4v) is 1.08. The SMILES string of the molecule is OCCCC(Cl)CCCO. The first-order valence-corrected chi connectivity index (χ1v) is 4.10. The molecule has 62 valence electrons. The molecule has 10 heavy (non-hydrogen) atoms. The lowest BCUT2D eigenvalue weighted by atomic mass is 10.1. The van der Waals surface area contributed by atoms with E-state index in [-0.39, 0.29) is 18.6 Å². The molecule has 0 radical (unpaired) electrons. The van der Waals surface area contributed by atoms with E-state index in [2.05, 4.69) is 0 Å². The summed E-state index contributed by atoms with van der Waals surface area (Å²) in [5.41, 5.74) is 0. The molecule has 0 bridgehead atoms. The minimum Gasteiger partial charge on any atom is -0.396 e. The largest absolute Gasteiger partial charge is 0.396 e. The molecule has 0 aliphatic carbocycles. The minimum atomic E-state index is 0.124. The van der Waals surface area contributed by atoms with Gasteiger partial charge >= 0.3 is 0 Å². The van der Waals surface area contributed by atoms with Gasteiger partial charge in [0.2, 0.25) is 0 Å². The van der Waals surface area contributed by atoms with Gasteiger partial charge < -0.3 is 10.2 Å². The summed E-state index contributed by atoms with van der Waals surface area (Å²) in [4.78, 5) is 0. The van der Waals surface area contributed by atoms with Crippen LogP contribution in [0.4, 0.5) is 0 Å². The van der Waals surface area contributed by atoms with Crippen molar-refractivity contribution < 1.29 is 10.2 Å². The zero-order valence-electron chi connectivity index (χ0n) is 6.09. The Hall–Kier alpha value is 0.210. The molecule has 0 saturated heterocycles. The molecule has 0 unspecified atom stereocenters. The second-order valence-electron chi connectivity index (χ2n) is 2.33. The number of hydrogen-bond donors (Lipinski definition) is 2. The normalized spacial score (nSPS) is 10.8. The molecule has 0 atom stereocenters. The Labute approximate surface area is 66.8 Å². The molecule has 0 aliphatic rings. The van der Waals surface area contributed by atoms with Crippen molar-refractivity contribution in [2.45, 2.75) is 31.1 Å². The molecule has 0 heterocycles. The first-order valence-electron chi connectivity index (χ1n) is 3.67. The Balaban J connectivity index is 3.00. The molecule has 2 nitrogen and oxygen atoms in total. The highest BCUT2D eigenvalue weighted by Crippen LogP contribution is 2.10. The van der Waals surface area contributed by atoms with Crippen molar-refractivity contribution in [1.29, 1.82) is 0 Å². The van der Waals surface area contributed by atoms with E-state index in [0.717, 1.165) is 25.7 Å². The summed E-state index contributed by atoms with van der Waals surface area (Å²) in [5, 5.41) is 17.0. The molecule has 0 aromatic carbocycles. The standard InChI is InChI=1S/C7H15ClO2/c8-7(3-1-5-9)4-2-6-10/h7,9-10H,1-6H2. The molecule has 0 spiro atoms. The molecule has 0 aliphatic heterocycles. The van der Waals surface area contributed by atoms with Crippen LogP contribution >= 0.6 is 11.6 Å². The van der Waals surface area contributed by atoms with Crippen LogP contribution in [0.2, 0.25) is 0 Å². The van der Waals surface area contributed by atoms with Gasteiger partial charge in [0.25, 0.3) is 0 Å². The van der Waals surface area contributed by atoms with Crippen molar-refractivity contribution >= 4 is 11.6 Å². The fraction of sp³-hybridized carbons (Fsp3) is 1.00. The molecule has 3 heteroatoms. The molecule has 2 N–H and O–H groups in total. The van der Waals surface area contributed by atoms with E-state index >= 15 is 0 Å². The van der Waals surface area contributed by atoms with Gasteiger partial charge in [-0.25, -0.2) is 0 Å². The van der Waals surface area contributed by atoms with Crippen molar-refractivity contribution in [3.05, 3.63) is 0 Å². The van der Waals surface area contributed by atoms with Crippen LogP contribution in [0.15, 0.2) is 0 Å². The van der Waals surface area contributed by atoms with E-state index in [1.54, 1.807) is 0 Å². The molecule has 0 fully saturated rings. The highest BCUT2D eigenvalue weighted by Gasteiger charge is 2.01. The van der Waals surface area contributed by atoms with Gasteiger partial charge in [-0.1, -0.05) is 0 Å². The summed E-state index contributed by atoms with van der Waals surface area (Å²) in [6.45, 7) is 0.421. The highest BCUT2D eigenvalue weighted by molar-refractivity contribution is 6.20. The summed E-state index contributed by atoms with van der Waals surface area (Å²) < 4.78 is 0. The first-order chi connectivity index (χ1) is 4.81. The lowest BCUT2D eigenvalue weighted by Gasteiger charge is -2.05. The van der Waals surface area contributed by atoms with Crippen LogP contribution in [0.3, 0.4) is 0 Å². The number of aliphatic hydroxyl groups excluding tert-OH is 2. The summed E-state index contributed by atoms with van der Waals surface area (Å²) in [6, 6.07) is 0. The van der Waals surface area contributed by atoms with Gasteiger partial charge in [0.1, 0.15) is 0 Å². The van der Waals surface area contributed by atoms with E-state index < -0.39 is 0 Å². The van der Waals surface area contributed by atoms with Crippen LogP contribution < -0.4 is 0 Å². The average Bonchev–Trinajstić information content (AvgIpc) is 1.97. The van der Waals surface area contributed by atoms with Gasteiger partial charge in [0, 0.05) is 18.6 Å². The average molecular weight is 167 g/mol. The topological polar surface area (TPSA) is 40.5 Å². The number of rotatable bonds is 6. The third-order valence-corrected chi connectivity index (χ3v) is 1.79. The minimum absolute atomic E-state index is 0.124. The Morgan fingerprint density at radius 1 is 1.00 bits per heavy atom. The molecule has 0 amide bonds. The molecular weight excluding hydrogens is 152 g/mol. The second kappa shape index (κ2) is 7.32. The van der Waals surface area contributed by atoms with Crippen LogP contribution in [0, 0.1) is 0 Å². The molecule has 0 rings (SSSR count). The van der Waals surface area contributed by atoms with Crippen molar-refractivity contribution in [2.24, 2.45) is 0 Å². The van der Waals surface area contributed by atoms with Gasteiger partial charge in [-0.2, -0.15) is 0 Å². The summed E-state index contributed by atoms with van der Waals surface area (Å²) in [7, 11) is 0. The Bertz CT molecular complexity index is 60.6. The molecule has 0 saturated carbocycles. The predicted molar refractivity (Wildman–Crippen MR) is 42.3 cm³/mol. The smallest absolute Gasteiger partial charge is 0.0431 e. The van der Waals surface area contributed by atoms with Crippen LogP contribution in [0.1, 0.15) is 25.7 Å². The quantitative estimate of drug-likeness (QED) is 0.581. The monoisotopic (exact) mass is 166 g/mol. The van der Waals surface area contributed by atoms with Crippen LogP contribution in [-0.2, 0) is 0 Å². The maximum Gasteiger partial charge on any atom is 0.0431 e. The van der Waals surface area contributed by atoms with E-state index in [0.29, 0.717) is 0 Å². The van der Waals surface area contributed by atoms with Gasteiger partial charge in [-0.05, 0) is 25.7 Å². The summed E-state index contributed by atoms with van der Waals surface area (Å²) in [5.74, 6) is 0. The molecule has 0 aromatic rings. The fourth-order valence-electron chi connectivity index (χ4n) is 0.770. The number of alkyl halides is 1. The Kier molecular flexibility index (Phi) is 7.47. The lowest BCUT2D eigenvalue weighted by molar-refractivity contribution is 0.272. The number of hydrogen-bond acceptors (Lipinski definition) is 2. The van der Waals surface area contributed by atoms with Crippen LogP contribution in [-0.4, -0.2) is 28.8 Å². The van der Waals surface area contributed by atoms with Gasteiger partial charge in [0.05, 0.1) is 0 Å². The third kappa shape index (κ3) is 6.33. The predicted octanol–water partition coefficient (Wildman–Crippen LogP) is 1.14. The van der Waals surface area contributed by atoms with E-state index in [1.165, 1.54) is 0 Å². The first kappa shape index (κ1) is 10.2. The lowest BCUT2D eigenvalue weighted by Crippen LogP contribution is -2.01. The highest BCUT2D eigenvalue weighted by atomic mass is 35.5. The summed E-state index contributed by atoms with van der Waals surface area (Å²) >= 11 is 5.82. The van der Waals surface area contributed by atoms with E-state index in [9.17, 15) is 0 Å². The maximum atomic E-state index is 8.43. The van der Waals surface area contributed by atoms with Gasteiger partial charge in [-0.15, -0.1) is 11.6 Å². The van der Waals surface area contributed by atoms with Crippen molar-refractivity contribution in [2.75, 3.05) is 13.2 Å². The third-order valence-electron chi connectivity index (χ3n) is 1.35. The Morgan fingerprint density at radius 2 is 1.40 bits per heavy atom. The van der Waals surface area contributed by atoms with Crippen molar-refractivity contribution in [3.63, 3.8) is 0 Å². The maximum absolute atomic E-state index is 8.43. The van der Waals surface area contributed by atoms with Gasteiger partial charge in [0.15, 0.2) is 0 Å². The number of halogens is 1. The van der Waals surface area contributed by atoms with E-state index in [1.807, 2.05) is 0 Å². The molecular formula is C7H15ClO2. The molecule has 0 aromatic heterocycles. The van der Waals surface area contributed by atoms with Crippen LogP contribution in [0.25, 0.3) is 0 Å². The van der Waals surface area contributed by atoms with E-state index in [4.69, 9.17) is 21.8 Å². The second-order valence-corrected chi connectivity index (χ2v) is 2.95. The van der Waals surface area contributed by atoms with Crippen molar-refractivity contribution in [3.8, 4) is 0 Å². The number of aliphatic hydroxyl groups is 2. The summed E-state index contributed by atoms with van der Waals surface area (Å²) in [6.07, 6.45) is 3.22.